The van der Waals surface area contributed by atoms with Crippen LogP contribution in [0, 0.1) is 22.2 Å². The number of benzene rings is 1. The van der Waals surface area contributed by atoms with Crippen LogP contribution in [0.15, 0.2) is 23.6 Å². The predicted octanol–water partition coefficient (Wildman–Crippen LogP) is 6.84. The van der Waals surface area contributed by atoms with Crippen molar-refractivity contribution in [2.24, 2.45) is 17.3 Å². The fraction of sp³-hybridized carbons (Fsp3) is 0.698. The number of hydrogen-bond acceptors (Lipinski definition) is 11. The predicted molar refractivity (Wildman–Crippen MR) is 230 cm³/mol. The Hall–Kier alpha value is -4.31. The minimum absolute atomic E-state index is 0.0725. The number of aromatic nitrogens is 1. The molecule has 0 unspecified atom stereocenters. The maximum Gasteiger partial charge on any atom is 0.309 e. The van der Waals surface area contributed by atoms with Crippen molar-refractivity contribution < 1.29 is 39.0 Å². The van der Waals surface area contributed by atoms with Gasteiger partial charge in [0.2, 0.25) is 0 Å². The van der Waals surface area contributed by atoms with Crippen LogP contribution < -0.4 is 16.5 Å². The number of phenolic OH excluding ortho intramolecular Hbond substituents is 1. The second-order valence-corrected chi connectivity index (χ2v) is 18.1. The molecule has 2 amide bonds. The Morgan fingerprint density at radius 2 is 1.85 bits per heavy atom. The van der Waals surface area contributed by atoms with Gasteiger partial charge in [0.15, 0.2) is 12.1 Å². The van der Waals surface area contributed by atoms with Crippen molar-refractivity contribution >= 4 is 40.8 Å². The maximum absolute atomic E-state index is 14.9. The Morgan fingerprint density at radius 3 is 2.44 bits per heavy atom. The third-order valence-electron chi connectivity index (χ3n) is 11.5. The van der Waals surface area contributed by atoms with Gasteiger partial charge in [-0.15, -0.1) is 16.8 Å². The van der Waals surface area contributed by atoms with Crippen molar-refractivity contribution in [2.75, 3.05) is 25.9 Å². The first-order chi connectivity index (χ1) is 27.8. The summed E-state index contributed by atoms with van der Waals surface area (Å²) in [5.74, 6) is -2.59. The smallest absolute Gasteiger partial charge is 0.309 e. The molecule has 16 heteroatoms. The van der Waals surface area contributed by atoms with Gasteiger partial charge in [0.05, 0.1) is 16.0 Å². The number of likely N-dealkylation sites (tertiary alicyclic amines) is 1. The number of phenols is 1. The SMILES string of the molecule is CCCCCCN(C(=O)[C@@H](N[N+](=O)[C@H]1CCCCN1C)[C@@H](C)CC)[C@H](C[C@@H](OC(C)=O)c1nc(C(=O)N[C@@H](Cc2ccc(O)c(N)c2)CC(C)(C)C(=O)O)cs1)C(C)C. The quantitative estimate of drug-likeness (QED) is 0.0184. The van der Waals surface area contributed by atoms with Crippen LogP contribution in [0.4, 0.5) is 5.69 Å². The molecule has 1 saturated heterocycles. The van der Waals surface area contributed by atoms with Gasteiger partial charge in [-0.3, -0.25) is 19.2 Å². The molecule has 1 aromatic carbocycles. The zero-order valence-corrected chi connectivity index (χ0v) is 37.5. The van der Waals surface area contributed by atoms with E-state index in [0.717, 1.165) is 61.3 Å². The van der Waals surface area contributed by atoms with E-state index in [2.05, 4.69) is 22.7 Å². The molecule has 1 aliphatic rings. The van der Waals surface area contributed by atoms with Crippen molar-refractivity contribution in [1.29, 1.82) is 0 Å². The Labute approximate surface area is 354 Å². The van der Waals surface area contributed by atoms with E-state index in [1.54, 1.807) is 31.4 Å². The molecule has 0 saturated carbocycles. The number of hydrazine groups is 1. The van der Waals surface area contributed by atoms with Gasteiger partial charge in [-0.1, -0.05) is 66.4 Å². The summed E-state index contributed by atoms with van der Waals surface area (Å²) >= 11 is 1.16. The van der Waals surface area contributed by atoms with Crippen molar-refractivity contribution in [2.45, 2.75) is 156 Å². The molecular weight excluding hydrogens is 775 g/mol. The number of carbonyl (C=O) groups excluding carboxylic acids is 3. The van der Waals surface area contributed by atoms with Gasteiger partial charge < -0.3 is 30.9 Å². The number of thiazole rings is 1. The van der Waals surface area contributed by atoms with Crippen LogP contribution >= 0.6 is 11.3 Å². The van der Waals surface area contributed by atoms with Crippen LogP contribution in [-0.4, -0.2) is 98.0 Å². The third-order valence-corrected chi connectivity index (χ3v) is 12.4. The normalized spacial score (nSPS) is 17.4. The van der Waals surface area contributed by atoms with Crippen LogP contribution in [-0.2, 0) is 25.5 Å². The number of hydrogen-bond donors (Lipinski definition) is 5. The molecule has 330 valence electrons. The fourth-order valence-electron chi connectivity index (χ4n) is 7.64. The molecule has 6 N–H and O–H groups in total. The van der Waals surface area contributed by atoms with Gasteiger partial charge >= 0.3 is 11.9 Å². The average Bonchev–Trinajstić information content (AvgIpc) is 3.67. The highest BCUT2D eigenvalue weighted by atomic mass is 32.1. The second kappa shape index (κ2) is 22.9. The molecule has 15 nitrogen and oxygen atoms in total. The Kier molecular flexibility index (Phi) is 19.0. The lowest BCUT2D eigenvalue weighted by molar-refractivity contribution is -0.666. The zero-order valence-electron chi connectivity index (χ0n) is 36.7. The van der Waals surface area contributed by atoms with Crippen LogP contribution in [0.5, 0.6) is 5.75 Å². The number of nitroso groups, excluding NO2 is 1. The number of rotatable bonds is 24. The number of anilines is 1. The minimum atomic E-state index is -1.18. The summed E-state index contributed by atoms with van der Waals surface area (Å²) in [4.78, 5) is 76.4. The second-order valence-electron chi connectivity index (χ2n) is 17.2. The number of piperidine rings is 1. The molecule has 2 aromatic rings. The summed E-state index contributed by atoms with van der Waals surface area (Å²) in [6.07, 6.45) is 6.34. The van der Waals surface area contributed by atoms with Gasteiger partial charge in [0, 0.05) is 50.3 Å². The number of aromatic hydroxyl groups is 1. The number of carbonyl (C=O) groups is 4. The first-order valence-electron chi connectivity index (χ1n) is 21.3. The first kappa shape index (κ1) is 49.1. The molecule has 0 bridgehead atoms. The van der Waals surface area contributed by atoms with Gasteiger partial charge in [-0.2, -0.15) is 0 Å². The summed E-state index contributed by atoms with van der Waals surface area (Å²) < 4.78 is 5.90. The number of amides is 2. The van der Waals surface area contributed by atoms with Crippen molar-refractivity contribution in [1.82, 2.24) is 25.5 Å². The summed E-state index contributed by atoms with van der Waals surface area (Å²) in [5.41, 5.74) is 8.77. The van der Waals surface area contributed by atoms with E-state index >= 15 is 0 Å². The van der Waals surface area contributed by atoms with Gasteiger partial charge in [-0.25, -0.2) is 9.88 Å². The number of nitrogens with zero attached hydrogens (tertiary/aromatic N) is 4. The van der Waals surface area contributed by atoms with Gasteiger partial charge in [0.1, 0.15) is 21.3 Å². The van der Waals surface area contributed by atoms with Crippen molar-refractivity contribution in [3.05, 3.63) is 44.8 Å². The summed E-state index contributed by atoms with van der Waals surface area (Å²) in [6.45, 7) is 15.9. The van der Waals surface area contributed by atoms with E-state index < -0.39 is 47.5 Å². The molecule has 0 radical (unpaired) electrons. The number of carboxylic acid groups (broad SMARTS) is 1. The molecule has 0 spiro atoms. The first-order valence-corrected chi connectivity index (χ1v) is 22.1. The minimum Gasteiger partial charge on any atom is -0.506 e. The standard InChI is InChI=1S/C43H69N7O8S/c1-10-12-13-15-21-49(41(54)38(28(5)11-2)47-50(57)37-17-14-16-20-48(37)9)34(27(3)4)24-36(58-29(6)51)40-46-33(26-59-40)39(53)45-31(25-43(7,8)42(55)56)22-30-18-19-35(52)32(44)23-30/h18-19,23,26-28,31,34,36-38H,10-17,20-22,24-25,44H2,1-9H3,(H3-,45,47,52,53,55,56,57)/p+1/t28-,31-,34+,36+,37-,38-/m0/s1. The van der Waals surface area contributed by atoms with E-state index in [0.29, 0.717) is 30.0 Å². The molecule has 1 aromatic heterocycles. The number of nitrogen functional groups attached to an aromatic ring is 1. The molecule has 3 rings (SSSR count). The molecule has 6 atom stereocenters. The maximum atomic E-state index is 14.9. The Balaban J connectivity index is 1.95. The van der Waals surface area contributed by atoms with Crippen molar-refractivity contribution in [3.63, 3.8) is 0 Å². The van der Waals surface area contributed by atoms with Crippen LogP contribution in [0.25, 0.3) is 0 Å². The summed E-state index contributed by atoms with van der Waals surface area (Å²) in [7, 11) is 1.93. The fourth-order valence-corrected chi connectivity index (χ4v) is 8.48. The summed E-state index contributed by atoms with van der Waals surface area (Å²) in [6, 6.07) is 2.87. The van der Waals surface area contributed by atoms with Crippen LogP contribution in [0.2, 0.25) is 0 Å². The highest BCUT2D eigenvalue weighted by Crippen LogP contribution is 2.33. The number of ether oxygens (including phenoxy) is 1. The molecular formula is C43H70N7O8S+. The highest BCUT2D eigenvalue weighted by molar-refractivity contribution is 7.09. The Morgan fingerprint density at radius 1 is 1.14 bits per heavy atom. The van der Waals surface area contributed by atoms with E-state index in [4.69, 9.17) is 10.5 Å². The van der Waals surface area contributed by atoms with E-state index in [-0.39, 0.29) is 60.3 Å². The highest BCUT2D eigenvalue weighted by Gasteiger charge is 2.42. The average molecular weight is 845 g/mol. The van der Waals surface area contributed by atoms with Gasteiger partial charge in [-0.05, 0) is 82.5 Å². The Bertz CT molecular complexity index is 1720. The zero-order chi connectivity index (χ0) is 44.0. The van der Waals surface area contributed by atoms with E-state index in [1.165, 1.54) is 13.0 Å². The number of nitrogens with two attached hydrogens (primary N) is 1. The lowest BCUT2D eigenvalue weighted by Crippen LogP contribution is -2.59. The largest absolute Gasteiger partial charge is 0.506 e. The molecule has 0 aliphatic carbocycles. The molecule has 1 fully saturated rings. The number of nitrogens with one attached hydrogen (secondary N) is 2. The molecule has 1 aliphatic heterocycles. The molecule has 59 heavy (non-hydrogen) atoms. The third kappa shape index (κ3) is 14.4. The molecule has 2 heterocycles. The lowest BCUT2D eigenvalue weighted by atomic mass is 9.84. The topological polar surface area (TPSA) is 208 Å². The number of esters is 1. The van der Waals surface area contributed by atoms with Gasteiger partial charge in [0.25, 0.3) is 18.0 Å². The van der Waals surface area contributed by atoms with E-state index in [9.17, 15) is 34.3 Å². The lowest BCUT2D eigenvalue weighted by Gasteiger charge is -2.39. The number of carboxylic acids is 1. The number of aliphatic carboxylic acids is 1. The summed E-state index contributed by atoms with van der Waals surface area (Å²) in [5, 5.41) is 24.7. The van der Waals surface area contributed by atoms with Crippen molar-refractivity contribution in [3.8, 4) is 5.75 Å². The van der Waals surface area contributed by atoms with Crippen LogP contribution in [0.3, 0.4) is 0 Å². The monoisotopic (exact) mass is 845 g/mol. The van der Waals surface area contributed by atoms with Crippen LogP contribution in [0.1, 0.15) is 147 Å². The van der Waals surface area contributed by atoms with E-state index in [1.807, 2.05) is 44.5 Å². The number of unbranched alkanes of at least 4 members (excludes halogenated alkanes) is 3.